The molecule has 0 radical (unpaired) electrons. The standard InChI is InChI=1S/C19H18N4O5S/c24-18(13-1-6-16-17(11-13)28-12-27-16)20-19(29)22-9-7-21(8-10-22)14-2-4-15(5-3-14)23(25)26/h1-6,11H,7-10,12H2,(H,20,24,29). The molecule has 1 N–H and O–H groups in total. The molecule has 0 spiro atoms. The number of thiocarbonyl (C=S) groups is 1. The Morgan fingerprint density at radius 2 is 1.72 bits per heavy atom. The Kier molecular flexibility index (Phi) is 5.17. The minimum atomic E-state index is -0.414. The number of benzene rings is 2. The van der Waals surface area contributed by atoms with Gasteiger partial charge in [-0.1, -0.05) is 0 Å². The third kappa shape index (κ3) is 4.06. The average Bonchev–Trinajstić information content (AvgIpc) is 3.21. The molecule has 29 heavy (non-hydrogen) atoms. The maximum absolute atomic E-state index is 12.5. The lowest BCUT2D eigenvalue weighted by Gasteiger charge is -2.37. The number of amides is 1. The van der Waals surface area contributed by atoms with Crippen LogP contribution in [-0.2, 0) is 0 Å². The predicted octanol–water partition coefficient (Wildman–Crippen LogP) is 2.16. The third-order valence-electron chi connectivity index (χ3n) is 4.85. The van der Waals surface area contributed by atoms with Crippen LogP contribution in [0.5, 0.6) is 11.5 Å². The van der Waals surface area contributed by atoms with Crippen molar-refractivity contribution in [3.8, 4) is 11.5 Å². The lowest BCUT2D eigenvalue weighted by Crippen LogP contribution is -2.52. The van der Waals surface area contributed by atoms with Gasteiger partial charge in [0, 0.05) is 49.6 Å². The molecule has 0 unspecified atom stereocenters. The second-order valence-corrected chi connectivity index (χ2v) is 6.96. The molecule has 2 aromatic rings. The van der Waals surface area contributed by atoms with E-state index >= 15 is 0 Å². The summed E-state index contributed by atoms with van der Waals surface area (Å²) < 4.78 is 10.5. The fourth-order valence-electron chi connectivity index (χ4n) is 3.24. The molecule has 1 amide bonds. The summed E-state index contributed by atoms with van der Waals surface area (Å²) >= 11 is 5.40. The third-order valence-corrected chi connectivity index (χ3v) is 5.21. The number of non-ortho nitro benzene ring substituents is 1. The maximum Gasteiger partial charge on any atom is 0.269 e. The minimum absolute atomic E-state index is 0.0693. The van der Waals surface area contributed by atoms with Crippen LogP contribution in [0.3, 0.4) is 0 Å². The van der Waals surface area contributed by atoms with Crippen molar-refractivity contribution in [2.75, 3.05) is 37.9 Å². The number of ether oxygens (including phenoxy) is 2. The van der Waals surface area contributed by atoms with E-state index in [1.54, 1.807) is 30.3 Å². The topological polar surface area (TPSA) is 97.2 Å². The Morgan fingerprint density at radius 3 is 2.41 bits per heavy atom. The molecular weight excluding hydrogens is 396 g/mol. The second kappa shape index (κ2) is 7.92. The summed E-state index contributed by atoms with van der Waals surface area (Å²) in [5.41, 5.74) is 1.44. The highest BCUT2D eigenvalue weighted by Gasteiger charge is 2.22. The Bertz CT molecular complexity index is 958. The van der Waals surface area contributed by atoms with E-state index in [0.29, 0.717) is 48.4 Å². The number of nitro groups is 1. The van der Waals surface area contributed by atoms with Gasteiger partial charge in [0.15, 0.2) is 16.6 Å². The fraction of sp³-hybridized carbons (Fsp3) is 0.263. The van der Waals surface area contributed by atoms with Crippen molar-refractivity contribution in [2.45, 2.75) is 0 Å². The van der Waals surface area contributed by atoms with E-state index in [1.807, 2.05) is 4.90 Å². The normalized spacial score (nSPS) is 15.2. The first kappa shape index (κ1) is 18.9. The molecule has 9 nitrogen and oxygen atoms in total. The molecular formula is C19H18N4O5S. The van der Waals surface area contributed by atoms with E-state index in [4.69, 9.17) is 21.7 Å². The van der Waals surface area contributed by atoms with Crippen LogP contribution >= 0.6 is 12.2 Å². The molecule has 0 atom stereocenters. The Hall–Kier alpha value is -3.40. The zero-order chi connectivity index (χ0) is 20.4. The molecule has 2 heterocycles. The first-order valence-corrected chi connectivity index (χ1v) is 9.41. The SMILES string of the molecule is O=C(NC(=S)N1CCN(c2ccc([N+](=O)[O-])cc2)CC1)c1ccc2c(c1)OCO2. The van der Waals surface area contributed by atoms with Crippen molar-refractivity contribution >= 4 is 34.6 Å². The zero-order valence-electron chi connectivity index (χ0n) is 15.4. The smallest absolute Gasteiger partial charge is 0.269 e. The number of nitrogens with one attached hydrogen (secondary N) is 1. The van der Waals surface area contributed by atoms with Gasteiger partial charge in [0.1, 0.15) is 0 Å². The monoisotopic (exact) mass is 414 g/mol. The number of carbonyl (C=O) groups is 1. The number of piperazine rings is 1. The fourth-order valence-corrected chi connectivity index (χ4v) is 3.51. The van der Waals surface area contributed by atoms with Crippen molar-refractivity contribution in [2.24, 2.45) is 0 Å². The summed E-state index contributed by atoms with van der Waals surface area (Å²) in [4.78, 5) is 26.9. The number of anilines is 1. The number of hydrogen-bond donors (Lipinski definition) is 1. The summed E-state index contributed by atoms with van der Waals surface area (Å²) in [7, 11) is 0. The molecule has 150 valence electrons. The van der Waals surface area contributed by atoms with Crippen molar-refractivity contribution in [3.05, 3.63) is 58.1 Å². The molecule has 0 saturated carbocycles. The second-order valence-electron chi connectivity index (χ2n) is 6.57. The molecule has 2 aliphatic rings. The van der Waals surface area contributed by atoms with Gasteiger partial charge in [-0.15, -0.1) is 0 Å². The van der Waals surface area contributed by atoms with Gasteiger partial charge in [-0.05, 0) is 42.5 Å². The first-order valence-electron chi connectivity index (χ1n) is 9.00. The summed E-state index contributed by atoms with van der Waals surface area (Å²) in [6.45, 7) is 2.81. The minimum Gasteiger partial charge on any atom is -0.454 e. The number of carbonyl (C=O) groups excluding carboxylic acids is 1. The van der Waals surface area contributed by atoms with Crippen LogP contribution in [0, 0.1) is 10.1 Å². The lowest BCUT2D eigenvalue weighted by atomic mass is 10.2. The molecule has 2 aliphatic heterocycles. The number of nitrogens with zero attached hydrogens (tertiary/aromatic N) is 3. The van der Waals surface area contributed by atoms with E-state index in [1.165, 1.54) is 12.1 Å². The molecule has 0 bridgehead atoms. The highest BCUT2D eigenvalue weighted by molar-refractivity contribution is 7.80. The van der Waals surface area contributed by atoms with Crippen LogP contribution in [0.1, 0.15) is 10.4 Å². The van der Waals surface area contributed by atoms with Crippen LogP contribution in [0.2, 0.25) is 0 Å². The van der Waals surface area contributed by atoms with Crippen LogP contribution < -0.4 is 19.7 Å². The molecule has 10 heteroatoms. The van der Waals surface area contributed by atoms with Gasteiger partial charge in [-0.2, -0.15) is 0 Å². The van der Waals surface area contributed by atoms with Crippen LogP contribution in [0.25, 0.3) is 0 Å². The molecule has 0 aliphatic carbocycles. The molecule has 1 saturated heterocycles. The van der Waals surface area contributed by atoms with Crippen molar-refractivity contribution in [3.63, 3.8) is 0 Å². The van der Waals surface area contributed by atoms with Crippen molar-refractivity contribution < 1.29 is 19.2 Å². The van der Waals surface area contributed by atoms with Gasteiger partial charge >= 0.3 is 0 Å². The summed E-state index contributed by atoms with van der Waals surface area (Å²) in [5, 5.41) is 13.9. The summed E-state index contributed by atoms with van der Waals surface area (Å²) in [6, 6.07) is 11.5. The highest BCUT2D eigenvalue weighted by Crippen LogP contribution is 2.32. The quantitative estimate of drug-likeness (QED) is 0.464. The number of fused-ring (bicyclic) bond motifs is 1. The Morgan fingerprint density at radius 1 is 1.03 bits per heavy atom. The first-order chi connectivity index (χ1) is 14.0. The van der Waals surface area contributed by atoms with Gasteiger partial charge in [-0.25, -0.2) is 0 Å². The van der Waals surface area contributed by atoms with E-state index in [9.17, 15) is 14.9 Å². The molecule has 4 rings (SSSR count). The zero-order valence-corrected chi connectivity index (χ0v) is 16.2. The van der Waals surface area contributed by atoms with E-state index in [2.05, 4.69) is 10.2 Å². The number of nitro benzene ring substituents is 1. The Labute approximate surface area is 172 Å². The Balaban J connectivity index is 1.32. The van der Waals surface area contributed by atoms with Crippen molar-refractivity contribution in [1.82, 2.24) is 10.2 Å². The predicted molar refractivity (Wildman–Crippen MR) is 110 cm³/mol. The lowest BCUT2D eigenvalue weighted by molar-refractivity contribution is -0.384. The van der Waals surface area contributed by atoms with E-state index < -0.39 is 4.92 Å². The number of hydrogen-bond acceptors (Lipinski definition) is 7. The number of rotatable bonds is 3. The van der Waals surface area contributed by atoms with Crippen LogP contribution in [-0.4, -0.2) is 53.8 Å². The van der Waals surface area contributed by atoms with Crippen LogP contribution in [0.4, 0.5) is 11.4 Å². The summed E-state index contributed by atoms with van der Waals surface area (Å²) in [5.74, 6) is 0.859. The van der Waals surface area contributed by atoms with E-state index in [0.717, 1.165) is 5.69 Å². The van der Waals surface area contributed by atoms with Gasteiger partial charge in [0.2, 0.25) is 6.79 Å². The maximum atomic E-state index is 12.5. The highest BCUT2D eigenvalue weighted by atomic mass is 32.1. The van der Waals surface area contributed by atoms with Crippen molar-refractivity contribution in [1.29, 1.82) is 0 Å². The summed E-state index contributed by atoms with van der Waals surface area (Å²) in [6.07, 6.45) is 0. The van der Waals surface area contributed by atoms with Gasteiger partial charge in [0.05, 0.1) is 4.92 Å². The van der Waals surface area contributed by atoms with E-state index in [-0.39, 0.29) is 18.4 Å². The van der Waals surface area contributed by atoms with Crippen LogP contribution in [0.15, 0.2) is 42.5 Å². The molecule has 2 aromatic carbocycles. The van der Waals surface area contributed by atoms with Gasteiger partial charge < -0.3 is 19.3 Å². The largest absolute Gasteiger partial charge is 0.454 e. The van der Waals surface area contributed by atoms with Gasteiger partial charge in [0.25, 0.3) is 11.6 Å². The molecule has 1 fully saturated rings. The molecule has 0 aromatic heterocycles. The van der Waals surface area contributed by atoms with Gasteiger partial charge in [-0.3, -0.25) is 20.2 Å². The average molecular weight is 414 g/mol.